The van der Waals surface area contributed by atoms with Gasteiger partial charge in [-0.25, -0.2) is 9.97 Å². The standard InChI is InChI=1S/C25H30N6O2/c1-29-24(32)16-23(22-8-11-26-18-27-22)28-25(29)33-21-9-14-31(15-10-21)20-6-4-19(5-7-20)17-30-12-2-3-13-30/h4-8,11,16,18,21H,2-3,9-10,12-15,17H2,1H3. The van der Waals surface area contributed by atoms with Crippen LogP contribution in [0.5, 0.6) is 6.01 Å². The number of hydrogen-bond donors (Lipinski definition) is 0. The maximum Gasteiger partial charge on any atom is 0.299 e. The number of ether oxygens (including phenoxy) is 1. The van der Waals surface area contributed by atoms with Crippen LogP contribution in [0.2, 0.25) is 0 Å². The lowest BCUT2D eigenvalue weighted by atomic mass is 10.1. The summed E-state index contributed by atoms with van der Waals surface area (Å²) in [6.07, 6.45) is 7.51. The van der Waals surface area contributed by atoms with Crippen LogP contribution >= 0.6 is 0 Å². The van der Waals surface area contributed by atoms with Crippen LogP contribution in [0.4, 0.5) is 5.69 Å². The zero-order valence-electron chi connectivity index (χ0n) is 19.1. The molecule has 0 radical (unpaired) electrons. The number of rotatable bonds is 6. The molecule has 0 saturated carbocycles. The lowest BCUT2D eigenvalue weighted by molar-refractivity contribution is 0.149. The minimum absolute atomic E-state index is 0.0226. The number of nitrogens with zero attached hydrogens (tertiary/aromatic N) is 6. The molecule has 4 heterocycles. The van der Waals surface area contributed by atoms with Gasteiger partial charge in [-0.2, -0.15) is 4.98 Å². The largest absolute Gasteiger partial charge is 0.461 e. The molecule has 3 aromatic rings. The van der Waals surface area contributed by atoms with E-state index in [1.807, 2.05) is 0 Å². The van der Waals surface area contributed by atoms with Crippen LogP contribution in [0.25, 0.3) is 11.4 Å². The van der Waals surface area contributed by atoms with E-state index in [2.05, 4.69) is 49.0 Å². The van der Waals surface area contributed by atoms with Crippen molar-refractivity contribution < 1.29 is 4.74 Å². The highest BCUT2D eigenvalue weighted by atomic mass is 16.5. The molecule has 0 N–H and O–H groups in total. The second-order valence-electron chi connectivity index (χ2n) is 8.87. The van der Waals surface area contributed by atoms with E-state index >= 15 is 0 Å². The van der Waals surface area contributed by atoms with Crippen LogP contribution in [0, 0.1) is 0 Å². The molecule has 172 valence electrons. The molecular formula is C25H30N6O2. The Morgan fingerprint density at radius 2 is 1.76 bits per heavy atom. The molecule has 2 fully saturated rings. The Bertz CT molecular complexity index is 1120. The lowest BCUT2D eigenvalue weighted by Crippen LogP contribution is -2.39. The van der Waals surface area contributed by atoms with Crippen molar-refractivity contribution >= 4 is 5.69 Å². The maximum absolute atomic E-state index is 12.4. The van der Waals surface area contributed by atoms with Gasteiger partial charge >= 0.3 is 0 Å². The third-order valence-electron chi connectivity index (χ3n) is 6.56. The van der Waals surface area contributed by atoms with Crippen LogP contribution < -0.4 is 15.2 Å². The molecule has 33 heavy (non-hydrogen) atoms. The van der Waals surface area contributed by atoms with Crippen molar-refractivity contribution in [1.29, 1.82) is 0 Å². The molecule has 2 aliphatic heterocycles. The monoisotopic (exact) mass is 446 g/mol. The van der Waals surface area contributed by atoms with Gasteiger partial charge in [0.05, 0.1) is 11.4 Å². The molecular weight excluding hydrogens is 416 g/mol. The van der Waals surface area contributed by atoms with Gasteiger partial charge in [-0.05, 0) is 49.7 Å². The van der Waals surface area contributed by atoms with E-state index in [-0.39, 0.29) is 11.7 Å². The average molecular weight is 447 g/mol. The summed E-state index contributed by atoms with van der Waals surface area (Å²) in [5.41, 5.74) is 3.59. The van der Waals surface area contributed by atoms with E-state index in [1.54, 1.807) is 19.3 Å². The SMILES string of the molecule is Cn1c(OC2CCN(c3ccc(CN4CCCC4)cc3)CC2)nc(-c2ccncn2)cc1=O. The Kier molecular flexibility index (Phi) is 6.35. The first-order valence-corrected chi connectivity index (χ1v) is 11.7. The fourth-order valence-electron chi connectivity index (χ4n) is 4.59. The molecule has 0 spiro atoms. The van der Waals surface area contributed by atoms with E-state index in [0.717, 1.165) is 32.5 Å². The molecule has 0 bridgehead atoms. The van der Waals surface area contributed by atoms with Gasteiger partial charge in [-0.15, -0.1) is 0 Å². The molecule has 1 aromatic carbocycles. The van der Waals surface area contributed by atoms with Crippen LogP contribution in [-0.4, -0.2) is 56.7 Å². The van der Waals surface area contributed by atoms with Gasteiger partial charge in [0.15, 0.2) is 0 Å². The summed E-state index contributed by atoms with van der Waals surface area (Å²) in [6, 6.07) is 12.5. The van der Waals surface area contributed by atoms with Gasteiger partial charge in [-0.1, -0.05) is 12.1 Å². The Labute approximate surface area is 193 Å². The maximum atomic E-state index is 12.4. The summed E-state index contributed by atoms with van der Waals surface area (Å²) in [4.78, 5) is 30.1. The summed E-state index contributed by atoms with van der Waals surface area (Å²) in [6.45, 7) is 5.32. The minimum atomic E-state index is -0.167. The molecule has 8 heteroatoms. The van der Waals surface area contributed by atoms with Gasteiger partial charge < -0.3 is 9.64 Å². The van der Waals surface area contributed by atoms with Crippen LogP contribution in [0.1, 0.15) is 31.2 Å². The zero-order chi connectivity index (χ0) is 22.6. The van der Waals surface area contributed by atoms with E-state index in [0.29, 0.717) is 17.4 Å². The van der Waals surface area contributed by atoms with Gasteiger partial charge in [0.1, 0.15) is 12.4 Å². The summed E-state index contributed by atoms with van der Waals surface area (Å²) in [7, 11) is 1.69. The van der Waals surface area contributed by atoms with E-state index < -0.39 is 0 Å². The van der Waals surface area contributed by atoms with E-state index in [1.165, 1.54) is 54.1 Å². The second kappa shape index (κ2) is 9.70. The normalized spacial score (nSPS) is 17.4. The van der Waals surface area contributed by atoms with Crippen LogP contribution in [0.15, 0.2) is 53.7 Å². The molecule has 0 aliphatic carbocycles. The Morgan fingerprint density at radius 1 is 1.00 bits per heavy atom. The summed E-state index contributed by atoms with van der Waals surface area (Å²) in [5.74, 6) is 0. The Morgan fingerprint density at radius 3 is 2.45 bits per heavy atom. The minimum Gasteiger partial charge on any atom is -0.461 e. The molecule has 0 amide bonds. The van der Waals surface area contributed by atoms with Crippen molar-refractivity contribution in [2.45, 2.75) is 38.3 Å². The van der Waals surface area contributed by atoms with E-state index in [4.69, 9.17) is 4.74 Å². The van der Waals surface area contributed by atoms with Crippen molar-refractivity contribution in [3.63, 3.8) is 0 Å². The Balaban J connectivity index is 1.20. The van der Waals surface area contributed by atoms with Crippen molar-refractivity contribution in [1.82, 2.24) is 24.4 Å². The van der Waals surface area contributed by atoms with Gasteiger partial charge in [0.25, 0.3) is 11.6 Å². The van der Waals surface area contributed by atoms with Gasteiger partial charge in [0, 0.05) is 57.5 Å². The fraction of sp³-hybridized carbons (Fsp3) is 0.440. The van der Waals surface area contributed by atoms with Crippen molar-refractivity contribution in [3.05, 3.63) is 64.8 Å². The molecule has 2 aromatic heterocycles. The number of anilines is 1. The number of likely N-dealkylation sites (tertiary alicyclic amines) is 1. The van der Waals surface area contributed by atoms with Crippen LogP contribution in [0.3, 0.4) is 0 Å². The molecule has 2 aliphatic rings. The quantitative estimate of drug-likeness (QED) is 0.576. The zero-order valence-corrected chi connectivity index (χ0v) is 19.1. The number of benzene rings is 1. The first-order valence-electron chi connectivity index (χ1n) is 11.7. The molecule has 5 rings (SSSR count). The lowest BCUT2D eigenvalue weighted by Gasteiger charge is -2.33. The summed E-state index contributed by atoms with van der Waals surface area (Å²) in [5, 5.41) is 0. The van der Waals surface area contributed by atoms with Gasteiger partial charge in [0.2, 0.25) is 0 Å². The molecule has 0 unspecified atom stereocenters. The third kappa shape index (κ3) is 5.06. The molecule has 0 atom stereocenters. The first kappa shape index (κ1) is 21.6. The van der Waals surface area contributed by atoms with Crippen molar-refractivity contribution in [2.75, 3.05) is 31.1 Å². The molecule has 2 saturated heterocycles. The smallest absolute Gasteiger partial charge is 0.299 e. The number of hydrogen-bond acceptors (Lipinski definition) is 7. The number of piperidine rings is 1. The predicted molar refractivity (Wildman–Crippen MR) is 127 cm³/mol. The third-order valence-corrected chi connectivity index (χ3v) is 6.56. The highest BCUT2D eigenvalue weighted by molar-refractivity contribution is 5.52. The summed E-state index contributed by atoms with van der Waals surface area (Å²) < 4.78 is 7.64. The highest BCUT2D eigenvalue weighted by Crippen LogP contribution is 2.24. The van der Waals surface area contributed by atoms with Crippen molar-refractivity contribution in [3.8, 4) is 17.4 Å². The number of aromatic nitrogens is 4. The topological polar surface area (TPSA) is 76.4 Å². The van der Waals surface area contributed by atoms with Crippen LogP contribution in [-0.2, 0) is 13.6 Å². The summed E-state index contributed by atoms with van der Waals surface area (Å²) >= 11 is 0. The predicted octanol–water partition coefficient (Wildman–Crippen LogP) is 2.88. The Hall–Kier alpha value is -3.26. The van der Waals surface area contributed by atoms with Crippen molar-refractivity contribution in [2.24, 2.45) is 7.05 Å². The molecule has 8 nitrogen and oxygen atoms in total. The first-order chi connectivity index (χ1) is 16.2. The van der Waals surface area contributed by atoms with Gasteiger partial charge in [-0.3, -0.25) is 14.3 Å². The second-order valence-corrected chi connectivity index (χ2v) is 8.87. The fourth-order valence-corrected chi connectivity index (χ4v) is 4.59. The highest BCUT2D eigenvalue weighted by Gasteiger charge is 2.23. The van der Waals surface area contributed by atoms with E-state index in [9.17, 15) is 4.79 Å². The average Bonchev–Trinajstić information content (AvgIpc) is 3.36.